The van der Waals surface area contributed by atoms with Gasteiger partial charge in [-0.15, -0.1) is 0 Å². The van der Waals surface area contributed by atoms with Crippen LogP contribution in [0.5, 0.6) is 0 Å². The summed E-state index contributed by atoms with van der Waals surface area (Å²) in [6.45, 7) is 10.5. The first-order valence-electron chi connectivity index (χ1n) is 12.0. The molecule has 2 unspecified atom stereocenters. The number of aryl methyl sites for hydroxylation is 2. The molecule has 1 aromatic heterocycles. The number of aromatic nitrogens is 1. The van der Waals surface area contributed by atoms with E-state index >= 15 is 0 Å². The second kappa shape index (κ2) is 9.36. The maximum atomic E-state index is 14.0. The van der Waals surface area contributed by atoms with E-state index in [0.29, 0.717) is 29.1 Å². The van der Waals surface area contributed by atoms with Gasteiger partial charge in [-0.2, -0.15) is 4.31 Å². The fourth-order valence-corrected chi connectivity index (χ4v) is 7.43. The first-order valence-corrected chi connectivity index (χ1v) is 13.4. The average molecular weight is 488 g/mol. The first-order chi connectivity index (χ1) is 16.0. The molecule has 3 heterocycles. The molecule has 9 heteroatoms. The summed E-state index contributed by atoms with van der Waals surface area (Å²) >= 11 is 0. The minimum Gasteiger partial charge on any atom is -0.388 e. The molecule has 2 aromatic rings. The molecule has 186 valence electrons. The van der Waals surface area contributed by atoms with Crippen LogP contribution in [0.1, 0.15) is 49.6 Å². The number of piperidine rings is 1. The van der Waals surface area contributed by atoms with Crippen LogP contribution in [0.3, 0.4) is 0 Å². The van der Waals surface area contributed by atoms with Crippen molar-refractivity contribution in [2.75, 3.05) is 32.0 Å². The largest absolute Gasteiger partial charge is 0.388 e. The number of amides is 1. The molecule has 4 rings (SSSR count). The van der Waals surface area contributed by atoms with Gasteiger partial charge < -0.3 is 20.5 Å². The Labute approximate surface area is 203 Å². The number of carbonyl (C=O) groups is 1. The Kier molecular flexibility index (Phi) is 6.81. The third-order valence-electron chi connectivity index (χ3n) is 7.28. The highest BCUT2D eigenvalue weighted by molar-refractivity contribution is 7.89. The van der Waals surface area contributed by atoms with Gasteiger partial charge in [-0.1, -0.05) is 13.8 Å². The standard InChI is InChI=1S/C25H37N5O3S/c1-17-13-19(26-5)14-18(2)24(17)34(32,33)30-12-11-29-10-6-7-20(29)21(30)15-23(31)28-22-8-9-27-16-25(22,3)4/h6-7,10,13-14,21-22,26-27H,8-9,11-12,15-16H2,1-5H3,(H,28,31). The minimum absolute atomic E-state index is 0.0558. The molecule has 2 atom stereocenters. The van der Waals surface area contributed by atoms with Crippen LogP contribution < -0.4 is 16.0 Å². The lowest BCUT2D eigenvalue weighted by atomic mass is 9.80. The van der Waals surface area contributed by atoms with Crippen LogP contribution in [0, 0.1) is 19.3 Å². The molecule has 1 saturated heterocycles. The number of sulfonamides is 1. The SMILES string of the molecule is CNc1cc(C)c(S(=O)(=O)N2CCn3cccc3C2CC(=O)NC2CCNCC2(C)C)c(C)c1. The van der Waals surface area contributed by atoms with E-state index in [1.807, 2.05) is 51.4 Å². The molecule has 8 nitrogen and oxygen atoms in total. The zero-order valence-electron chi connectivity index (χ0n) is 20.8. The molecular formula is C25H37N5O3S. The van der Waals surface area contributed by atoms with E-state index in [2.05, 4.69) is 34.4 Å². The van der Waals surface area contributed by atoms with Crippen molar-refractivity contribution < 1.29 is 13.2 Å². The normalized spacial score (nSPS) is 22.7. The summed E-state index contributed by atoms with van der Waals surface area (Å²) in [5.41, 5.74) is 3.07. The highest BCUT2D eigenvalue weighted by atomic mass is 32.2. The Bertz CT molecular complexity index is 1150. The van der Waals surface area contributed by atoms with Crippen LogP contribution in [-0.4, -0.2) is 55.9 Å². The molecule has 0 aliphatic carbocycles. The van der Waals surface area contributed by atoms with Gasteiger partial charge in [-0.3, -0.25) is 4.79 Å². The molecule has 3 N–H and O–H groups in total. The summed E-state index contributed by atoms with van der Waals surface area (Å²) in [7, 11) is -2.00. The smallest absolute Gasteiger partial charge is 0.244 e. The Morgan fingerprint density at radius 1 is 1.21 bits per heavy atom. The minimum atomic E-state index is -3.82. The number of anilines is 1. The summed E-state index contributed by atoms with van der Waals surface area (Å²) in [5, 5.41) is 9.68. The van der Waals surface area contributed by atoms with Gasteiger partial charge in [0.25, 0.3) is 0 Å². The number of carbonyl (C=O) groups excluding carboxylic acids is 1. The van der Waals surface area contributed by atoms with Crippen molar-refractivity contribution in [1.29, 1.82) is 0 Å². The van der Waals surface area contributed by atoms with Gasteiger partial charge in [0.05, 0.1) is 10.9 Å². The van der Waals surface area contributed by atoms with Crippen LogP contribution >= 0.6 is 0 Å². The number of hydrogen-bond donors (Lipinski definition) is 3. The van der Waals surface area contributed by atoms with Gasteiger partial charge in [0.1, 0.15) is 0 Å². The Hall–Kier alpha value is -2.36. The average Bonchev–Trinajstić information content (AvgIpc) is 3.24. The summed E-state index contributed by atoms with van der Waals surface area (Å²) in [6, 6.07) is 7.06. The predicted molar refractivity (Wildman–Crippen MR) is 134 cm³/mol. The Balaban J connectivity index is 1.65. The van der Waals surface area contributed by atoms with Gasteiger partial charge in [-0.25, -0.2) is 8.42 Å². The molecular weight excluding hydrogens is 450 g/mol. The van der Waals surface area contributed by atoms with Crippen molar-refractivity contribution in [2.24, 2.45) is 5.41 Å². The van der Waals surface area contributed by atoms with Gasteiger partial charge in [0.2, 0.25) is 15.9 Å². The highest BCUT2D eigenvalue weighted by Gasteiger charge is 2.40. The van der Waals surface area contributed by atoms with Crippen LogP contribution in [-0.2, 0) is 21.4 Å². The molecule has 1 amide bonds. The summed E-state index contributed by atoms with van der Waals surface area (Å²) in [4.78, 5) is 13.6. The van der Waals surface area contributed by atoms with E-state index in [1.165, 1.54) is 4.31 Å². The number of hydrogen-bond acceptors (Lipinski definition) is 5. The monoisotopic (exact) mass is 487 g/mol. The lowest BCUT2D eigenvalue weighted by molar-refractivity contribution is -0.124. The lowest BCUT2D eigenvalue weighted by Gasteiger charge is -2.40. The molecule has 2 aliphatic heterocycles. The Morgan fingerprint density at radius 2 is 1.91 bits per heavy atom. The van der Waals surface area contributed by atoms with Crippen molar-refractivity contribution in [3.63, 3.8) is 0 Å². The van der Waals surface area contributed by atoms with Crippen molar-refractivity contribution in [3.05, 3.63) is 47.3 Å². The molecule has 1 aromatic carbocycles. The maximum Gasteiger partial charge on any atom is 0.244 e. The van der Waals surface area contributed by atoms with E-state index in [4.69, 9.17) is 0 Å². The zero-order valence-corrected chi connectivity index (χ0v) is 21.6. The predicted octanol–water partition coefficient (Wildman–Crippen LogP) is 2.79. The second-order valence-electron chi connectivity index (χ2n) is 10.2. The molecule has 1 fully saturated rings. The van der Waals surface area contributed by atoms with E-state index in [-0.39, 0.29) is 23.8 Å². The van der Waals surface area contributed by atoms with Crippen LogP contribution in [0.4, 0.5) is 5.69 Å². The lowest BCUT2D eigenvalue weighted by Crippen LogP contribution is -2.55. The molecule has 0 saturated carbocycles. The van der Waals surface area contributed by atoms with E-state index in [0.717, 1.165) is 30.9 Å². The third kappa shape index (κ3) is 4.61. The molecule has 0 radical (unpaired) electrons. The first kappa shape index (κ1) is 24.8. The number of rotatable bonds is 6. The van der Waals surface area contributed by atoms with Crippen LogP contribution in [0.25, 0.3) is 0 Å². The summed E-state index contributed by atoms with van der Waals surface area (Å²) in [6.07, 6.45) is 2.91. The number of benzene rings is 1. The maximum absolute atomic E-state index is 14.0. The summed E-state index contributed by atoms with van der Waals surface area (Å²) < 4.78 is 31.6. The quantitative estimate of drug-likeness (QED) is 0.582. The highest BCUT2D eigenvalue weighted by Crippen LogP contribution is 2.37. The molecule has 0 spiro atoms. The zero-order chi connectivity index (χ0) is 24.7. The number of nitrogens with zero attached hydrogens (tertiary/aromatic N) is 2. The van der Waals surface area contributed by atoms with Crippen molar-refractivity contribution in [1.82, 2.24) is 19.5 Å². The van der Waals surface area contributed by atoms with Crippen molar-refractivity contribution in [2.45, 2.75) is 64.1 Å². The molecule has 2 aliphatic rings. The van der Waals surface area contributed by atoms with Gasteiger partial charge in [0, 0.05) is 56.7 Å². The van der Waals surface area contributed by atoms with Crippen LogP contribution in [0.15, 0.2) is 35.4 Å². The van der Waals surface area contributed by atoms with E-state index < -0.39 is 16.1 Å². The van der Waals surface area contributed by atoms with Gasteiger partial charge >= 0.3 is 0 Å². The van der Waals surface area contributed by atoms with Gasteiger partial charge in [-0.05, 0) is 67.6 Å². The van der Waals surface area contributed by atoms with E-state index in [9.17, 15) is 13.2 Å². The number of fused-ring (bicyclic) bond motifs is 1. The molecule has 34 heavy (non-hydrogen) atoms. The Morgan fingerprint density at radius 3 is 2.56 bits per heavy atom. The number of nitrogens with one attached hydrogen (secondary N) is 3. The van der Waals surface area contributed by atoms with Gasteiger partial charge in [0.15, 0.2) is 0 Å². The second-order valence-corrected chi connectivity index (χ2v) is 12.1. The third-order valence-corrected chi connectivity index (χ3v) is 9.49. The van der Waals surface area contributed by atoms with Crippen molar-refractivity contribution >= 4 is 21.6 Å². The van der Waals surface area contributed by atoms with Crippen molar-refractivity contribution in [3.8, 4) is 0 Å². The van der Waals surface area contributed by atoms with E-state index in [1.54, 1.807) is 0 Å². The fraction of sp³-hybridized carbons (Fsp3) is 0.560. The molecule has 0 bridgehead atoms. The van der Waals surface area contributed by atoms with Crippen LogP contribution in [0.2, 0.25) is 0 Å². The topological polar surface area (TPSA) is 95.5 Å². The fourth-order valence-electron chi connectivity index (χ4n) is 5.42. The summed E-state index contributed by atoms with van der Waals surface area (Å²) in [5.74, 6) is -0.112.